The molecular formula is C14H8Cl2F3N. The minimum atomic E-state index is -4.45. The summed E-state index contributed by atoms with van der Waals surface area (Å²) in [6.07, 6.45) is -3.17. The summed E-state index contributed by atoms with van der Waals surface area (Å²) in [5, 5.41) is 0.772. The van der Waals surface area contributed by atoms with E-state index in [4.69, 9.17) is 23.2 Å². The molecule has 0 spiro atoms. The van der Waals surface area contributed by atoms with Crippen molar-refractivity contribution in [3.8, 4) is 0 Å². The standard InChI is InChI=1S/C14H8Cl2F3N/c15-10-6-5-9(12(16)7-10)8-20-13-4-2-1-3-11(13)14(17,18)19/h1-8H. The largest absolute Gasteiger partial charge is 0.418 e. The Labute approximate surface area is 123 Å². The SMILES string of the molecule is FC(F)(F)c1ccccc1N=Cc1ccc(Cl)cc1Cl. The average Bonchev–Trinajstić information content (AvgIpc) is 2.37. The second kappa shape index (κ2) is 5.85. The van der Waals surface area contributed by atoms with Gasteiger partial charge in [-0.3, -0.25) is 4.99 Å². The third-order valence-corrected chi connectivity index (χ3v) is 3.08. The third kappa shape index (κ3) is 3.52. The van der Waals surface area contributed by atoms with E-state index in [1.54, 1.807) is 12.1 Å². The molecule has 0 aliphatic carbocycles. The number of aliphatic imine (C=N–C) groups is 1. The Hall–Kier alpha value is -1.52. The van der Waals surface area contributed by atoms with Crippen LogP contribution in [-0.4, -0.2) is 6.21 Å². The molecule has 0 saturated carbocycles. The monoisotopic (exact) mass is 317 g/mol. The van der Waals surface area contributed by atoms with Crippen molar-refractivity contribution in [1.29, 1.82) is 0 Å². The second-order valence-electron chi connectivity index (χ2n) is 3.94. The molecule has 0 unspecified atom stereocenters. The van der Waals surface area contributed by atoms with Crippen LogP contribution in [0.2, 0.25) is 10.0 Å². The smallest absolute Gasteiger partial charge is 0.256 e. The quantitative estimate of drug-likeness (QED) is 0.624. The summed E-state index contributed by atoms with van der Waals surface area (Å²) in [5.41, 5.74) is -0.458. The van der Waals surface area contributed by atoms with Crippen molar-refractivity contribution in [2.45, 2.75) is 6.18 Å². The van der Waals surface area contributed by atoms with Crippen LogP contribution >= 0.6 is 23.2 Å². The number of alkyl halides is 3. The lowest BCUT2D eigenvalue weighted by molar-refractivity contribution is -0.137. The lowest BCUT2D eigenvalue weighted by atomic mass is 10.1. The molecule has 6 heteroatoms. The topological polar surface area (TPSA) is 12.4 Å². The summed E-state index contributed by atoms with van der Waals surface area (Å²) in [5.74, 6) is 0. The summed E-state index contributed by atoms with van der Waals surface area (Å²) in [4.78, 5) is 3.86. The van der Waals surface area contributed by atoms with Gasteiger partial charge in [-0.15, -0.1) is 0 Å². The van der Waals surface area contributed by atoms with Gasteiger partial charge in [-0.2, -0.15) is 13.2 Å². The van der Waals surface area contributed by atoms with Gasteiger partial charge in [0.05, 0.1) is 16.3 Å². The Balaban J connectivity index is 2.37. The van der Waals surface area contributed by atoms with Gasteiger partial charge in [0.15, 0.2) is 0 Å². The van der Waals surface area contributed by atoms with E-state index in [1.807, 2.05) is 0 Å². The molecule has 0 bridgehead atoms. The van der Waals surface area contributed by atoms with Crippen LogP contribution < -0.4 is 0 Å². The highest BCUT2D eigenvalue weighted by molar-refractivity contribution is 6.36. The Kier molecular flexibility index (Phi) is 4.35. The van der Waals surface area contributed by atoms with Gasteiger partial charge in [-0.1, -0.05) is 41.4 Å². The van der Waals surface area contributed by atoms with E-state index in [0.717, 1.165) is 6.07 Å². The van der Waals surface area contributed by atoms with Gasteiger partial charge >= 0.3 is 6.18 Å². The molecule has 2 aromatic rings. The number of hydrogen-bond acceptors (Lipinski definition) is 1. The summed E-state index contributed by atoms with van der Waals surface area (Å²) in [7, 11) is 0. The van der Waals surface area contributed by atoms with Crippen LogP contribution in [0.4, 0.5) is 18.9 Å². The molecule has 0 fully saturated rings. The zero-order valence-corrected chi connectivity index (χ0v) is 11.5. The molecule has 0 amide bonds. The minimum absolute atomic E-state index is 0.161. The first-order valence-electron chi connectivity index (χ1n) is 5.53. The molecule has 0 atom stereocenters. The number of rotatable bonds is 2. The Morgan fingerprint density at radius 2 is 1.70 bits per heavy atom. The highest BCUT2D eigenvalue weighted by atomic mass is 35.5. The van der Waals surface area contributed by atoms with Crippen LogP contribution in [0.25, 0.3) is 0 Å². The molecule has 0 heterocycles. The van der Waals surface area contributed by atoms with Crippen LogP contribution in [-0.2, 0) is 6.18 Å². The Bertz CT molecular complexity index is 651. The highest BCUT2D eigenvalue weighted by Gasteiger charge is 2.32. The Morgan fingerprint density at radius 3 is 2.35 bits per heavy atom. The summed E-state index contributed by atoms with van der Waals surface area (Å²) >= 11 is 11.7. The van der Waals surface area contributed by atoms with Crippen LogP contribution in [0.3, 0.4) is 0 Å². The summed E-state index contributed by atoms with van der Waals surface area (Å²) in [6, 6.07) is 9.76. The van der Waals surface area contributed by atoms with Gasteiger partial charge in [0, 0.05) is 16.8 Å². The maximum absolute atomic E-state index is 12.8. The van der Waals surface area contributed by atoms with Crippen molar-refractivity contribution in [2.24, 2.45) is 4.99 Å². The van der Waals surface area contributed by atoms with Gasteiger partial charge in [0.25, 0.3) is 0 Å². The van der Waals surface area contributed by atoms with Crippen LogP contribution in [0.1, 0.15) is 11.1 Å². The first-order valence-corrected chi connectivity index (χ1v) is 6.29. The number of benzene rings is 2. The van der Waals surface area contributed by atoms with Gasteiger partial charge in [-0.05, 0) is 24.3 Å². The fraction of sp³-hybridized carbons (Fsp3) is 0.0714. The zero-order chi connectivity index (χ0) is 14.8. The molecule has 0 aliphatic heterocycles. The summed E-state index contributed by atoms with van der Waals surface area (Å²) in [6.45, 7) is 0. The molecule has 1 nitrogen and oxygen atoms in total. The lowest BCUT2D eigenvalue weighted by Gasteiger charge is -2.09. The molecule has 0 N–H and O–H groups in total. The normalized spacial score (nSPS) is 12.1. The van der Waals surface area contributed by atoms with Crippen molar-refractivity contribution in [2.75, 3.05) is 0 Å². The second-order valence-corrected chi connectivity index (χ2v) is 4.78. The molecule has 20 heavy (non-hydrogen) atoms. The maximum Gasteiger partial charge on any atom is 0.418 e. The molecule has 0 saturated heterocycles. The first-order chi connectivity index (χ1) is 9.38. The fourth-order valence-electron chi connectivity index (χ4n) is 1.57. The third-order valence-electron chi connectivity index (χ3n) is 2.51. The van der Waals surface area contributed by atoms with E-state index in [-0.39, 0.29) is 5.69 Å². The highest BCUT2D eigenvalue weighted by Crippen LogP contribution is 2.36. The minimum Gasteiger partial charge on any atom is -0.256 e. The van der Waals surface area contributed by atoms with E-state index in [1.165, 1.54) is 30.5 Å². The molecule has 104 valence electrons. The van der Waals surface area contributed by atoms with Crippen LogP contribution in [0, 0.1) is 0 Å². The van der Waals surface area contributed by atoms with Crippen molar-refractivity contribution >= 4 is 35.1 Å². The molecule has 0 aromatic heterocycles. The lowest BCUT2D eigenvalue weighted by Crippen LogP contribution is -2.04. The molecule has 0 aliphatic rings. The Morgan fingerprint density at radius 1 is 1.00 bits per heavy atom. The maximum atomic E-state index is 12.8. The predicted octanol–water partition coefficient (Wildman–Crippen LogP) is 5.76. The van der Waals surface area contributed by atoms with Crippen molar-refractivity contribution in [3.05, 3.63) is 63.6 Å². The van der Waals surface area contributed by atoms with E-state index >= 15 is 0 Å². The van der Waals surface area contributed by atoms with Crippen molar-refractivity contribution < 1.29 is 13.2 Å². The fourth-order valence-corrected chi connectivity index (χ4v) is 2.03. The first kappa shape index (κ1) is 14.9. The van der Waals surface area contributed by atoms with E-state index < -0.39 is 11.7 Å². The van der Waals surface area contributed by atoms with E-state index in [2.05, 4.69) is 4.99 Å². The molecule has 2 rings (SSSR count). The zero-order valence-electron chi connectivity index (χ0n) is 9.96. The van der Waals surface area contributed by atoms with E-state index in [0.29, 0.717) is 15.6 Å². The van der Waals surface area contributed by atoms with Crippen LogP contribution in [0.5, 0.6) is 0 Å². The number of para-hydroxylation sites is 1. The molecular weight excluding hydrogens is 310 g/mol. The predicted molar refractivity (Wildman–Crippen MR) is 75.2 cm³/mol. The van der Waals surface area contributed by atoms with Gasteiger partial charge in [-0.25, -0.2) is 0 Å². The van der Waals surface area contributed by atoms with E-state index in [9.17, 15) is 13.2 Å². The number of hydrogen-bond donors (Lipinski definition) is 0. The van der Waals surface area contributed by atoms with Gasteiger partial charge in [0.1, 0.15) is 0 Å². The number of nitrogens with zero attached hydrogens (tertiary/aromatic N) is 1. The molecule has 0 radical (unpaired) electrons. The van der Waals surface area contributed by atoms with Gasteiger partial charge < -0.3 is 0 Å². The average molecular weight is 318 g/mol. The number of halogens is 5. The molecule has 2 aromatic carbocycles. The van der Waals surface area contributed by atoms with Crippen LogP contribution in [0.15, 0.2) is 47.5 Å². The van der Waals surface area contributed by atoms with Crippen molar-refractivity contribution in [3.63, 3.8) is 0 Å². The van der Waals surface area contributed by atoms with Gasteiger partial charge in [0.2, 0.25) is 0 Å². The summed E-state index contributed by atoms with van der Waals surface area (Å²) < 4.78 is 38.4. The van der Waals surface area contributed by atoms with Crippen molar-refractivity contribution in [1.82, 2.24) is 0 Å².